The van der Waals surface area contributed by atoms with E-state index in [2.05, 4.69) is 0 Å². The first-order chi connectivity index (χ1) is 13.0. The molecule has 2 heterocycles. The lowest BCUT2D eigenvalue weighted by atomic mass is 10.3. The first-order valence-electron chi connectivity index (χ1n) is 8.27. The Morgan fingerprint density at radius 3 is 2.70 bits per heavy atom. The van der Waals surface area contributed by atoms with Gasteiger partial charge in [0.05, 0.1) is 15.2 Å². The fourth-order valence-corrected chi connectivity index (χ4v) is 4.86. The van der Waals surface area contributed by atoms with Gasteiger partial charge in [-0.25, -0.2) is 4.79 Å². The standard InChI is InChI=1S/C19H17N3O3S2/c1-3-10-22-17(23)15(27-18(22)12(11-20)19(24)25)8-9-16-21(2)13-6-4-5-7-14(13)26-16/h4-9H,3,10H2,1-2H3,(H,24,25)/b15-8+,16-9-,18-12+. The Balaban J connectivity index is 2.13. The summed E-state index contributed by atoms with van der Waals surface area (Å²) in [5.74, 6) is -1.32. The summed E-state index contributed by atoms with van der Waals surface area (Å²) in [4.78, 5) is 27.2. The molecule has 0 amide bonds. The van der Waals surface area contributed by atoms with Crippen LogP contribution in [0.5, 0.6) is 0 Å². The van der Waals surface area contributed by atoms with Crippen molar-refractivity contribution in [2.75, 3.05) is 11.9 Å². The number of carboxylic acid groups (broad SMARTS) is 1. The van der Waals surface area contributed by atoms with Crippen molar-refractivity contribution in [2.24, 2.45) is 0 Å². The van der Waals surface area contributed by atoms with E-state index < -0.39 is 11.5 Å². The Morgan fingerprint density at radius 2 is 2.07 bits per heavy atom. The second-order valence-electron chi connectivity index (χ2n) is 5.82. The van der Waals surface area contributed by atoms with Gasteiger partial charge in [-0.15, -0.1) is 11.3 Å². The molecular weight excluding hydrogens is 382 g/mol. The number of aliphatic carboxylic acids is 1. The molecule has 0 fully saturated rings. The van der Waals surface area contributed by atoms with E-state index in [-0.39, 0.29) is 10.2 Å². The van der Waals surface area contributed by atoms with Crippen molar-refractivity contribution in [3.05, 3.63) is 54.9 Å². The van der Waals surface area contributed by atoms with Crippen LogP contribution < -0.4 is 19.7 Å². The van der Waals surface area contributed by atoms with Crippen molar-refractivity contribution in [1.29, 1.82) is 5.26 Å². The lowest BCUT2D eigenvalue weighted by molar-refractivity contribution is -0.130. The predicted molar refractivity (Wildman–Crippen MR) is 108 cm³/mol. The Labute approximate surface area is 164 Å². The third-order valence-electron chi connectivity index (χ3n) is 4.04. The minimum Gasteiger partial charge on any atom is -0.477 e. The number of carboxylic acids is 1. The van der Waals surface area contributed by atoms with E-state index in [0.29, 0.717) is 17.5 Å². The maximum atomic E-state index is 12.7. The highest BCUT2D eigenvalue weighted by atomic mass is 32.2. The molecule has 8 heteroatoms. The van der Waals surface area contributed by atoms with Crippen LogP contribution in [0.1, 0.15) is 13.3 Å². The molecule has 1 aromatic carbocycles. The topological polar surface area (TPSA) is 86.3 Å². The molecule has 0 aliphatic carbocycles. The minimum absolute atomic E-state index is 0.192. The van der Waals surface area contributed by atoms with Gasteiger partial charge in [0.2, 0.25) is 0 Å². The van der Waals surface area contributed by atoms with Crippen molar-refractivity contribution in [1.82, 2.24) is 4.57 Å². The van der Waals surface area contributed by atoms with Crippen LogP contribution in [0.15, 0.2) is 45.1 Å². The number of nitriles is 1. The van der Waals surface area contributed by atoms with Gasteiger partial charge in [0.15, 0.2) is 5.57 Å². The van der Waals surface area contributed by atoms with Gasteiger partial charge in [-0.2, -0.15) is 5.26 Å². The number of para-hydroxylation sites is 1. The van der Waals surface area contributed by atoms with Crippen LogP contribution in [0, 0.1) is 11.3 Å². The number of thioether (sulfide) groups is 1. The van der Waals surface area contributed by atoms with Gasteiger partial charge in [-0.1, -0.05) is 30.8 Å². The average molecular weight is 399 g/mol. The zero-order valence-corrected chi connectivity index (χ0v) is 16.4. The molecule has 0 spiro atoms. The van der Waals surface area contributed by atoms with Crippen LogP contribution >= 0.6 is 23.1 Å². The first-order valence-corrected chi connectivity index (χ1v) is 9.91. The lowest BCUT2D eigenvalue weighted by Gasteiger charge is -2.12. The van der Waals surface area contributed by atoms with E-state index in [9.17, 15) is 20.0 Å². The number of hydrogen-bond donors (Lipinski definition) is 1. The second kappa shape index (κ2) is 7.86. The number of carbonyl (C=O) groups is 1. The molecular formula is C19H17N3O3S2. The SMILES string of the molecule is CCCn1c(=O)/c(=C\C=C2/Sc3ccccc3N2C)s/c1=C(\C#N)C(=O)O. The molecule has 1 N–H and O–H groups in total. The van der Waals surface area contributed by atoms with Gasteiger partial charge >= 0.3 is 5.97 Å². The van der Waals surface area contributed by atoms with E-state index in [1.807, 2.05) is 49.2 Å². The van der Waals surface area contributed by atoms with Crippen LogP contribution in [0.3, 0.4) is 0 Å². The van der Waals surface area contributed by atoms with E-state index in [1.165, 1.54) is 4.57 Å². The molecule has 0 radical (unpaired) electrons. The number of benzene rings is 1. The number of anilines is 1. The number of hydrogen-bond acceptors (Lipinski definition) is 6. The van der Waals surface area contributed by atoms with Crippen LogP contribution in [-0.4, -0.2) is 22.7 Å². The molecule has 1 aromatic heterocycles. The van der Waals surface area contributed by atoms with Crippen molar-refractivity contribution < 1.29 is 9.90 Å². The summed E-state index contributed by atoms with van der Waals surface area (Å²) in [5, 5.41) is 19.4. The van der Waals surface area contributed by atoms with Crippen molar-refractivity contribution in [2.45, 2.75) is 24.8 Å². The smallest absolute Gasteiger partial charge is 0.349 e. The molecule has 0 bridgehead atoms. The quantitative estimate of drug-likeness (QED) is 0.846. The summed E-state index contributed by atoms with van der Waals surface area (Å²) in [6.07, 6.45) is 4.21. The number of fused-ring (bicyclic) bond motifs is 1. The fraction of sp³-hybridized carbons (Fsp3) is 0.211. The predicted octanol–water partition coefficient (Wildman–Crippen LogP) is 1.94. The molecule has 27 heavy (non-hydrogen) atoms. The first kappa shape index (κ1) is 19.0. The molecule has 0 saturated heterocycles. The van der Waals surface area contributed by atoms with E-state index in [4.69, 9.17) is 0 Å². The molecule has 0 unspecified atom stereocenters. The molecule has 0 atom stereocenters. The number of aromatic nitrogens is 1. The molecule has 3 rings (SSSR count). The highest BCUT2D eigenvalue weighted by Gasteiger charge is 2.20. The van der Waals surface area contributed by atoms with Gasteiger partial charge in [0, 0.05) is 18.5 Å². The van der Waals surface area contributed by atoms with Gasteiger partial charge in [0.1, 0.15) is 10.7 Å². The highest BCUT2D eigenvalue weighted by Crippen LogP contribution is 2.44. The second-order valence-corrected chi connectivity index (χ2v) is 7.91. The van der Waals surface area contributed by atoms with E-state index in [1.54, 1.807) is 23.9 Å². The Morgan fingerprint density at radius 1 is 1.33 bits per heavy atom. The zero-order chi connectivity index (χ0) is 19.6. The Hall–Kier alpha value is -2.76. The molecule has 1 aliphatic rings. The van der Waals surface area contributed by atoms with Crippen molar-refractivity contribution in [3.8, 4) is 6.07 Å². The Kier molecular flexibility index (Phi) is 5.54. The summed E-state index contributed by atoms with van der Waals surface area (Å²) in [6, 6.07) is 9.72. The summed E-state index contributed by atoms with van der Waals surface area (Å²) >= 11 is 2.64. The van der Waals surface area contributed by atoms with Gasteiger partial charge < -0.3 is 10.0 Å². The summed E-state index contributed by atoms with van der Waals surface area (Å²) in [5.41, 5.74) is 0.423. The summed E-state index contributed by atoms with van der Waals surface area (Å²) in [7, 11) is 1.96. The number of thiazole rings is 1. The van der Waals surface area contributed by atoms with Gasteiger partial charge in [-0.3, -0.25) is 9.36 Å². The van der Waals surface area contributed by atoms with Crippen LogP contribution in [-0.2, 0) is 11.3 Å². The van der Waals surface area contributed by atoms with Crippen molar-refractivity contribution in [3.63, 3.8) is 0 Å². The maximum Gasteiger partial charge on any atom is 0.349 e. The van der Waals surface area contributed by atoms with Crippen LogP contribution in [0.2, 0.25) is 0 Å². The molecule has 0 saturated carbocycles. The minimum atomic E-state index is -1.32. The molecule has 6 nitrogen and oxygen atoms in total. The van der Waals surface area contributed by atoms with Gasteiger partial charge in [0.25, 0.3) is 5.56 Å². The molecule has 2 aromatic rings. The molecule has 1 aliphatic heterocycles. The zero-order valence-electron chi connectivity index (χ0n) is 14.8. The van der Waals surface area contributed by atoms with Crippen molar-refractivity contribution >= 4 is 46.4 Å². The van der Waals surface area contributed by atoms with E-state index >= 15 is 0 Å². The summed E-state index contributed by atoms with van der Waals surface area (Å²) < 4.78 is 1.98. The van der Waals surface area contributed by atoms with Gasteiger partial charge in [-0.05, 0) is 30.7 Å². The van der Waals surface area contributed by atoms with Crippen LogP contribution in [0.25, 0.3) is 11.6 Å². The largest absolute Gasteiger partial charge is 0.477 e. The number of allylic oxidation sites excluding steroid dienone is 1. The lowest BCUT2D eigenvalue weighted by Crippen LogP contribution is -2.32. The third-order valence-corrected chi connectivity index (χ3v) is 6.38. The third kappa shape index (κ3) is 3.56. The normalized spacial score (nSPS) is 16.4. The monoisotopic (exact) mass is 399 g/mol. The summed E-state index contributed by atoms with van der Waals surface area (Å²) in [6.45, 7) is 2.26. The highest BCUT2D eigenvalue weighted by molar-refractivity contribution is 8.03. The number of nitrogens with zero attached hydrogens (tertiary/aromatic N) is 3. The fourth-order valence-electron chi connectivity index (χ4n) is 2.75. The molecule has 138 valence electrons. The number of rotatable bonds is 4. The van der Waals surface area contributed by atoms with E-state index in [0.717, 1.165) is 26.9 Å². The Bertz CT molecular complexity index is 1150. The average Bonchev–Trinajstić information content (AvgIpc) is 3.13. The maximum absolute atomic E-state index is 12.7. The van der Waals surface area contributed by atoms with Crippen LogP contribution in [0.4, 0.5) is 5.69 Å².